The third-order valence-electron chi connectivity index (χ3n) is 4.46. The van der Waals surface area contributed by atoms with Crippen molar-refractivity contribution in [3.63, 3.8) is 0 Å². The SMILES string of the molecule is CCOc1ncc(Nc2cc(C(CC)CC(=O)O)ccc2[C@@H](OC)C(F)(F)F)cn1. The number of aliphatic carboxylic acids is 1. The average Bonchev–Trinajstić information content (AvgIpc) is 2.68. The summed E-state index contributed by atoms with van der Waals surface area (Å²) in [4.78, 5) is 19.1. The summed E-state index contributed by atoms with van der Waals surface area (Å²) in [6, 6.07) is 4.47. The number of hydrogen-bond acceptors (Lipinski definition) is 6. The van der Waals surface area contributed by atoms with Gasteiger partial charge in [0.25, 0.3) is 0 Å². The molecule has 2 rings (SSSR count). The minimum atomic E-state index is -4.63. The highest BCUT2D eigenvalue weighted by atomic mass is 19.4. The Morgan fingerprint density at radius 2 is 1.90 bits per heavy atom. The van der Waals surface area contributed by atoms with Crippen LogP contribution in [0.25, 0.3) is 0 Å². The van der Waals surface area contributed by atoms with E-state index in [2.05, 4.69) is 15.3 Å². The number of aromatic nitrogens is 2. The van der Waals surface area contributed by atoms with Gasteiger partial charge < -0.3 is 19.9 Å². The van der Waals surface area contributed by atoms with Crippen LogP contribution in [0.15, 0.2) is 30.6 Å². The van der Waals surface area contributed by atoms with Crippen LogP contribution in [0.2, 0.25) is 0 Å². The third kappa shape index (κ3) is 6.06. The van der Waals surface area contributed by atoms with Crippen molar-refractivity contribution in [3.8, 4) is 6.01 Å². The summed E-state index contributed by atoms with van der Waals surface area (Å²) in [5.74, 6) is -1.33. The molecular formula is C20H24F3N3O4. The molecule has 0 radical (unpaired) electrons. The fraction of sp³-hybridized carbons (Fsp3) is 0.450. The summed E-state index contributed by atoms with van der Waals surface area (Å²) in [6.07, 6.45) is -3.62. The Kier molecular flexibility index (Phi) is 7.99. The maximum atomic E-state index is 13.5. The van der Waals surface area contributed by atoms with Crippen molar-refractivity contribution < 1.29 is 32.5 Å². The van der Waals surface area contributed by atoms with E-state index in [0.717, 1.165) is 7.11 Å². The Balaban J connectivity index is 2.47. The highest BCUT2D eigenvalue weighted by molar-refractivity contribution is 5.69. The maximum Gasteiger partial charge on any atom is 0.418 e. The van der Waals surface area contributed by atoms with Gasteiger partial charge in [0.05, 0.1) is 31.1 Å². The zero-order valence-electron chi connectivity index (χ0n) is 16.9. The lowest BCUT2D eigenvalue weighted by Gasteiger charge is -2.24. The van der Waals surface area contributed by atoms with E-state index >= 15 is 0 Å². The minimum absolute atomic E-state index is 0.131. The number of nitrogens with one attached hydrogen (secondary N) is 1. The van der Waals surface area contributed by atoms with Crippen molar-refractivity contribution in [1.29, 1.82) is 0 Å². The largest absolute Gasteiger partial charge is 0.481 e. The number of benzene rings is 1. The summed E-state index contributed by atoms with van der Waals surface area (Å²) in [6.45, 7) is 3.97. The van der Waals surface area contributed by atoms with Gasteiger partial charge in [-0.25, -0.2) is 9.97 Å². The Morgan fingerprint density at radius 1 is 1.23 bits per heavy atom. The molecule has 1 unspecified atom stereocenters. The normalized spacial score (nSPS) is 13.5. The highest BCUT2D eigenvalue weighted by Gasteiger charge is 2.42. The molecule has 2 aromatic rings. The van der Waals surface area contributed by atoms with Crippen molar-refractivity contribution in [2.45, 2.75) is 44.9 Å². The van der Waals surface area contributed by atoms with Gasteiger partial charge in [0.2, 0.25) is 0 Å². The first kappa shape index (κ1) is 23.4. The molecule has 1 aromatic heterocycles. The molecule has 0 saturated heterocycles. The van der Waals surface area contributed by atoms with Gasteiger partial charge in [-0.1, -0.05) is 19.1 Å². The average molecular weight is 427 g/mol. The molecule has 0 aliphatic carbocycles. The fourth-order valence-corrected chi connectivity index (χ4v) is 3.05. The van der Waals surface area contributed by atoms with Crippen LogP contribution in [0.1, 0.15) is 49.8 Å². The van der Waals surface area contributed by atoms with E-state index in [1.165, 1.54) is 30.6 Å². The lowest BCUT2D eigenvalue weighted by molar-refractivity contribution is -0.215. The standard InChI is InChI=1S/C20H24F3N3O4/c1-4-12(9-17(27)28)13-6-7-15(18(29-3)20(21,22)23)16(8-13)26-14-10-24-19(25-11-14)30-5-2/h6-8,10-12,18,26H,4-5,9H2,1-3H3,(H,27,28)/t12?,18-/m1/s1. The zero-order valence-corrected chi connectivity index (χ0v) is 16.9. The number of methoxy groups -OCH3 is 1. The van der Waals surface area contributed by atoms with E-state index in [1.54, 1.807) is 6.92 Å². The van der Waals surface area contributed by atoms with E-state index in [9.17, 15) is 18.0 Å². The first-order valence-corrected chi connectivity index (χ1v) is 9.36. The second kappa shape index (κ2) is 10.2. The quantitative estimate of drug-likeness (QED) is 0.560. The van der Waals surface area contributed by atoms with Gasteiger partial charge in [0, 0.05) is 18.4 Å². The topological polar surface area (TPSA) is 93.6 Å². The predicted molar refractivity (Wildman–Crippen MR) is 104 cm³/mol. The summed E-state index contributed by atoms with van der Waals surface area (Å²) >= 11 is 0. The van der Waals surface area contributed by atoms with Gasteiger partial charge >= 0.3 is 18.2 Å². The van der Waals surface area contributed by atoms with E-state index in [-0.39, 0.29) is 29.6 Å². The van der Waals surface area contributed by atoms with Crippen LogP contribution in [0.3, 0.4) is 0 Å². The number of halogens is 3. The molecule has 2 atom stereocenters. The fourth-order valence-electron chi connectivity index (χ4n) is 3.05. The molecule has 0 saturated carbocycles. The zero-order chi connectivity index (χ0) is 22.3. The van der Waals surface area contributed by atoms with Crippen LogP contribution >= 0.6 is 0 Å². The monoisotopic (exact) mass is 427 g/mol. The number of rotatable bonds is 10. The van der Waals surface area contributed by atoms with Crippen molar-refractivity contribution in [2.75, 3.05) is 19.0 Å². The Morgan fingerprint density at radius 3 is 2.40 bits per heavy atom. The first-order valence-electron chi connectivity index (χ1n) is 9.36. The Bertz CT molecular complexity index is 844. The number of carboxylic acids is 1. The van der Waals surface area contributed by atoms with E-state index in [1.807, 2.05) is 6.92 Å². The van der Waals surface area contributed by atoms with Crippen molar-refractivity contribution in [1.82, 2.24) is 9.97 Å². The summed E-state index contributed by atoms with van der Waals surface area (Å²) < 4.78 is 50.3. The number of carbonyl (C=O) groups is 1. The number of hydrogen-bond donors (Lipinski definition) is 2. The van der Waals surface area contributed by atoms with E-state index < -0.39 is 18.2 Å². The number of anilines is 2. The molecule has 164 valence electrons. The van der Waals surface area contributed by atoms with Crippen molar-refractivity contribution >= 4 is 17.3 Å². The van der Waals surface area contributed by atoms with E-state index in [0.29, 0.717) is 24.3 Å². The van der Waals surface area contributed by atoms with Crippen LogP contribution in [-0.4, -0.2) is 40.9 Å². The Labute approximate surface area is 172 Å². The molecule has 2 N–H and O–H groups in total. The van der Waals surface area contributed by atoms with Gasteiger partial charge in [-0.15, -0.1) is 0 Å². The number of ether oxygens (including phenoxy) is 2. The molecule has 10 heteroatoms. The molecular weight excluding hydrogens is 403 g/mol. The van der Waals surface area contributed by atoms with Gasteiger partial charge in [0.15, 0.2) is 6.10 Å². The second-order valence-electron chi connectivity index (χ2n) is 6.52. The Hall–Kier alpha value is -2.88. The smallest absolute Gasteiger partial charge is 0.418 e. The van der Waals surface area contributed by atoms with Gasteiger partial charge in [-0.05, 0) is 30.9 Å². The molecule has 1 aromatic carbocycles. The molecule has 0 fully saturated rings. The van der Waals surface area contributed by atoms with E-state index in [4.69, 9.17) is 14.6 Å². The van der Waals surface area contributed by atoms with Gasteiger partial charge in [-0.2, -0.15) is 13.2 Å². The van der Waals surface area contributed by atoms with Crippen molar-refractivity contribution in [2.24, 2.45) is 0 Å². The lowest BCUT2D eigenvalue weighted by Crippen LogP contribution is -2.23. The van der Waals surface area contributed by atoms with Crippen LogP contribution in [0, 0.1) is 0 Å². The maximum absolute atomic E-state index is 13.5. The third-order valence-corrected chi connectivity index (χ3v) is 4.46. The van der Waals surface area contributed by atoms with Gasteiger partial charge in [-0.3, -0.25) is 4.79 Å². The number of carboxylic acid groups (broad SMARTS) is 1. The molecule has 7 nitrogen and oxygen atoms in total. The molecule has 1 heterocycles. The van der Waals surface area contributed by atoms with Crippen LogP contribution in [-0.2, 0) is 9.53 Å². The summed E-state index contributed by atoms with van der Waals surface area (Å²) in [5, 5.41) is 12.0. The van der Waals surface area contributed by atoms with Gasteiger partial charge in [0.1, 0.15) is 0 Å². The summed E-state index contributed by atoms with van der Waals surface area (Å²) in [5.41, 5.74) is 0.955. The molecule has 0 spiro atoms. The molecule has 0 amide bonds. The summed E-state index contributed by atoms with van der Waals surface area (Å²) in [7, 11) is 0.981. The number of alkyl halides is 3. The van der Waals surface area contributed by atoms with Crippen LogP contribution in [0.5, 0.6) is 6.01 Å². The number of nitrogens with zero attached hydrogens (tertiary/aromatic N) is 2. The highest BCUT2D eigenvalue weighted by Crippen LogP contribution is 2.41. The molecule has 0 bridgehead atoms. The first-order chi connectivity index (χ1) is 14.2. The van der Waals surface area contributed by atoms with Crippen molar-refractivity contribution in [3.05, 3.63) is 41.7 Å². The van der Waals surface area contributed by atoms with Crippen LogP contribution in [0.4, 0.5) is 24.5 Å². The minimum Gasteiger partial charge on any atom is -0.481 e. The molecule has 0 aliphatic rings. The second-order valence-corrected chi connectivity index (χ2v) is 6.52. The molecule has 30 heavy (non-hydrogen) atoms. The lowest BCUT2D eigenvalue weighted by atomic mass is 9.91. The predicted octanol–water partition coefficient (Wildman–Crippen LogP) is 4.84. The molecule has 0 aliphatic heterocycles. The van der Waals surface area contributed by atoms with Crippen LogP contribution < -0.4 is 10.1 Å².